The van der Waals surface area contributed by atoms with E-state index >= 15 is 0 Å². The topological polar surface area (TPSA) is 59.0 Å². The first kappa shape index (κ1) is 13.8. The number of amides is 1. The first-order valence-electron chi connectivity index (χ1n) is 6.87. The Morgan fingerprint density at radius 3 is 2.50 bits per heavy atom. The highest BCUT2D eigenvalue weighted by Gasteiger charge is 2.23. The van der Waals surface area contributed by atoms with Gasteiger partial charge < -0.3 is 19.5 Å². The van der Waals surface area contributed by atoms with Crippen LogP contribution in [0, 0.1) is 5.92 Å². The van der Waals surface area contributed by atoms with Gasteiger partial charge in [-0.25, -0.2) is 0 Å². The van der Waals surface area contributed by atoms with E-state index in [1.807, 2.05) is 4.90 Å². The number of ether oxygens (including phenoxy) is 2. The lowest BCUT2D eigenvalue weighted by atomic mass is 9.88. The Kier molecular flexibility index (Phi) is 5.41. The van der Waals surface area contributed by atoms with E-state index in [1.165, 1.54) is 0 Å². The number of carbonyl (C=O) groups is 1. The van der Waals surface area contributed by atoms with Crippen LogP contribution in [0.5, 0.6) is 0 Å². The third-order valence-corrected chi connectivity index (χ3v) is 3.86. The van der Waals surface area contributed by atoms with Gasteiger partial charge in [0.15, 0.2) is 0 Å². The van der Waals surface area contributed by atoms with Crippen molar-refractivity contribution < 1.29 is 19.4 Å². The average Bonchev–Trinajstić information content (AvgIpc) is 2.46. The normalized spacial score (nSPS) is 29.3. The second-order valence-electron chi connectivity index (χ2n) is 5.13. The van der Waals surface area contributed by atoms with E-state index in [9.17, 15) is 4.79 Å². The van der Waals surface area contributed by atoms with Crippen LogP contribution in [0.2, 0.25) is 0 Å². The lowest BCUT2D eigenvalue weighted by Crippen LogP contribution is -2.43. The van der Waals surface area contributed by atoms with Crippen LogP contribution < -0.4 is 0 Å². The molecule has 1 saturated carbocycles. The van der Waals surface area contributed by atoms with Gasteiger partial charge in [-0.1, -0.05) is 0 Å². The van der Waals surface area contributed by atoms with Gasteiger partial charge in [-0.2, -0.15) is 0 Å². The molecule has 1 amide bonds. The molecule has 0 atom stereocenters. The second kappa shape index (κ2) is 7.07. The van der Waals surface area contributed by atoms with Gasteiger partial charge in [0.2, 0.25) is 5.91 Å². The fourth-order valence-electron chi connectivity index (χ4n) is 2.57. The highest BCUT2D eigenvalue weighted by Crippen LogP contribution is 2.25. The van der Waals surface area contributed by atoms with Crippen LogP contribution in [0.25, 0.3) is 0 Å². The summed E-state index contributed by atoms with van der Waals surface area (Å²) in [6.45, 7) is 3.09. The fourth-order valence-corrected chi connectivity index (χ4v) is 2.57. The Hall–Kier alpha value is -0.650. The van der Waals surface area contributed by atoms with Crippen LogP contribution in [0.15, 0.2) is 0 Å². The van der Waals surface area contributed by atoms with Crippen LogP contribution >= 0.6 is 0 Å². The van der Waals surface area contributed by atoms with Gasteiger partial charge in [0.1, 0.15) is 6.61 Å². The monoisotopic (exact) mass is 257 g/mol. The molecule has 2 fully saturated rings. The van der Waals surface area contributed by atoms with Gasteiger partial charge in [-0.05, 0) is 31.6 Å². The van der Waals surface area contributed by atoms with Crippen molar-refractivity contribution in [3.63, 3.8) is 0 Å². The van der Waals surface area contributed by atoms with Crippen molar-refractivity contribution in [2.75, 3.05) is 39.5 Å². The highest BCUT2D eigenvalue weighted by molar-refractivity contribution is 5.77. The maximum atomic E-state index is 11.9. The molecule has 0 unspecified atom stereocenters. The summed E-state index contributed by atoms with van der Waals surface area (Å²) < 4.78 is 10.9. The van der Waals surface area contributed by atoms with Gasteiger partial charge in [-0.15, -0.1) is 0 Å². The molecular weight excluding hydrogens is 234 g/mol. The molecule has 1 aliphatic carbocycles. The van der Waals surface area contributed by atoms with Crippen LogP contribution in [-0.2, 0) is 14.3 Å². The number of aliphatic hydroxyl groups excluding tert-OH is 1. The number of hydrogen-bond acceptors (Lipinski definition) is 4. The Labute approximate surface area is 108 Å². The summed E-state index contributed by atoms with van der Waals surface area (Å²) in [6.07, 6.45) is 4.13. The van der Waals surface area contributed by atoms with Gasteiger partial charge in [-0.3, -0.25) is 4.79 Å². The predicted octanol–water partition coefficient (Wildman–Crippen LogP) is 0.413. The van der Waals surface area contributed by atoms with Gasteiger partial charge in [0, 0.05) is 19.7 Å². The Balaban J connectivity index is 1.63. The van der Waals surface area contributed by atoms with Crippen molar-refractivity contribution in [2.45, 2.75) is 31.8 Å². The molecule has 1 heterocycles. The average molecular weight is 257 g/mol. The largest absolute Gasteiger partial charge is 0.396 e. The van der Waals surface area contributed by atoms with Crippen molar-refractivity contribution in [3.05, 3.63) is 0 Å². The van der Waals surface area contributed by atoms with Gasteiger partial charge in [0.25, 0.3) is 0 Å². The van der Waals surface area contributed by atoms with Crippen LogP contribution in [0.1, 0.15) is 25.7 Å². The molecule has 2 aliphatic rings. The Morgan fingerprint density at radius 2 is 1.89 bits per heavy atom. The first-order chi connectivity index (χ1) is 8.79. The van der Waals surface area contributed by atoms with Gasteiger partial charge in [0.05, 0.1) is 19.3 Å². The number of morpholine rings is 1. The van der Waals surface area contributed by atoms with E-state index in [0.717, 1.165) is 25.7 Å². The van der Waals surface area contributed by atoms with E-state index < -0.39 is 0 Å². The molecule has 2 rings (SSSR count). The van der Waals surface area contributed by atoms with Crippen molar-refractivity contribution in [1.29, 1.82) is 0 Å². The van der Waals surface area contributed by atoms with Crippen LogP contribution in [0.3, 0.4) is 0 Å². The summed E-state index contributed by atoms with van der Waals surface area (Å²) in [6, 6.07) is 0. The van der Waals surface area contributed by atoms with Crippen molar-refractivity contribution in [2.24, 2.45) is 5.92 Å². The fraction of sp³-hybridized carbons (Fsp3) is 0.923. The third-order valence-electron chi connectivity index (χ3n) is 3.86. The van der Waals surface area contributed by atoms with Crippen LogP contribution in [0.4, 0.5) is 0 Å². The molecule has 1 saturated heterocycles. The zero-order valence-electron chi connectivity index (χ0n) is 10.8. The number of rotatable bonds is 4. The molecule has 18 heavy (non-hydrogen) atoms. The maximum Gasteiger partial charge on any atom is 0.248 e. The SMILES string of the molecule is O=C(COC1CCC(CO)CC1)N1CCOCC1. The molecule has 1 aliphatic heterocycles. The molecule has 5 heteroatoms. The third kappa shape index (κ3) is 3.93. The molecule has 0 radical (unpaired) electrons. The standard InChI is InChI=1S/C13H23NO4/c15-9-11-1-3-12(4-2-11)18-10-13(16)14-5-7-17-8-6-14/h11-12,15H,1-10H2. The Morgan fingerprint density at radius 1 is 1.22 bits per heavy atom. The molecule has 1 N–H and O–H groups in total. The molecule has 104 valence electrons. The van der Waals surface area contributed by atoms with Crippen LogP contribution in [-0.4, -0.2) is 61.5 Å². The highest BCUT2D eigenvalue weighted by atomic mass is 16.5. The molecular formula is C13H23NO4. The summed E-state index contributed by atoms with van der Waals surface area (Å²) in [7, 11) is 0. The summed E-state index contributed by atoms with van der Waals surface area (Å²) in [4.78, 5) is 13.7. The lowest BCUT2D eigenvalue weighted by molar-refractivity contribution is -0.143. The minimum Gasteiger partial charge on any atom is -0.396 e. The number of aliphatic hydroxyl groups is 1. The van der Waals surface area contributed by atoms with E-state index in [4.69, 9.17) is 14.6 Å². The first-order valence-corrected chi connectivity index (χ1v) is 6.87. The Bertz CT molecular complexity index is 258. The van der Waals surface area contributed by atoms with E-state index in [1.54, 1.807) is 0 Å². The van der Waals surface area contributed by atoms with Crippen molar-refractivity contribution in [3.8, 4) is 0 Å². The van der Waals surface area contributed by atoms with Crippen molar-refractivity contribution >= 4 is 5.91 Å². The molecule has 0 bridgehead atoms. The molecule has 0 aromatic rings. The van der Waals surface area contributed by atoms with E-state index in [0.29, 0.717) is 32.2 Å². The van der Waals surface area contributed by atoms with E-state index in [-0.39, 0.29) is 25.2 Å². The number of hydrogen-bond donors (Lipinski definition) is 1. The summed E-state index contributed by atoms with van der Waals surface area (Å²) in [5, 5.41) is 9.05. The number of nitrogens with zero attached hydrogens (tertiary/aromatic N) is 1. The molecule has 0 aromatic heterocycles. The smallest absolute Gasteiger partial charge is 0.248 e. The summed E-state index contributed by atoms with van der Waals surface area (Å²) in [5.41, 5.74) is 0. The second-order valence-corrected chi connectivity index (χ2v) is 5.13. The zero-order chi connectivity index (χ0) is 12.8. The minimum atomic E-state index is 0.0718. The molecule has 0 spiro atoms. The molecule has 0 aromatic carbocycles. The zero-order valence-corrected chi connectivity index (χ0v) is 10.8. The molecule has 5 nitrogen and oxygen atoms in total. The minimum absolute atomic E-state index is 0.0718. The van der Waals surface area contributed by atoms with E-state index in [2.05, 4.69) is 0 Å². The number of carbonyl (C=O) groups excluding carboxylic acids is 1. The quantitative estimate of drug-likeness (QED) is 0.792. The summed E-state index contributed by atoms with van der Waals surface area (Å²) in [5.74, 6) is 0.502. The predicted molar refractivity (Wildman–Crippen MR) is 66.2 cm³/mol. The lowest BCUT2D eigenvalue weighted by Gasteiger charge is -2.30. The van der Waals surface area contributed by atoms with Crippen molar-refractivity contribution in [1.82, 2.24) is 4.90 Å². The van der Waals surface area contributed by atoms with Gasteiger partial charge >= 0.3 is 0 Å². The summed E-state index contributed by atoms with van der Waals surface area (Å²) >= 11 is 0. The maximum absolute atomic E-state index is 11.9.